The number of aromatic amines is 1. The van der Waals surface area contributed by atoms with Crippen LogP contribution in [0.15, 0.2) is 60.7 Å². The standard InChI is InChI=1S/C19H21N3O/c1-14-6-5-9-16(10-14)19(23)13-20-12-17-11-18(22-21-17)15-7-3-2-4-8-15/h2-11,19-20,23H,12-13H2,1H3,(H,21,22). The maximum Gasteiger partial charge on any atom is 0.0924 e. The lowest BCUT2D eigenvalue weighted by Gasteiger charge is -2.12. The van der Waals surface area contributed by atoms with Crippen molar-refractivity contribution in [2.45, 2.75) is 19.6 Å². The van der Waals surface area contributed by atoms with Gasteiger partial charge in [0.05, 0.1) is 11.8 Å². The SMILES string of the molecule is Cc1cccc(C(O)CNCc2cc(-c3ccccc3)n[nH]2)c1. The Hall–Kier alpha value is -2.43. The van der Waals surface area contributed by atoms with Gasteiger partial charge >= 0.3 is 0 Å². The summed E-state index contributed by atoms with van der Waals surface area (Å²) in [5.74, 6) is 0. The molecule has 0 saturated carbocycles. The van der Waals surface area contributed by atoms with E-state index in [1.54, 1.807) is 0 Å². The van der Waals surface area contributed by atoms with E-state index in [0.29, 0.717) is 13.1 Å². The third-order valence-corrected chi connectivity index (χ3v) is 3.78. The first-order valence-corrected chi connectivity index (χ1v) is 7.77. The van der Waals surface area contributed by atoms with Crippen LogP contribution in [0.3, 0.4) is 0 Å². The van der Waals surface area contributed by atoms with E-state index in [0.717, 1.165) is 28.1 Å². The van der Waals surface area contributed by atoms with E-state index < -0.39 is 6.10 Å². The molecule has 0 fully saturated rings. The summed E-state index contributed by atoms with van der Waals surface area (Å²) in [5.41, 5.74) is 5.12. The van der Waals surface area contributed by atoms with Crippen molar-refractivity contribution in [3.63, 3.8) is 0 Å². The van der Waals surface area contributed by atoms with Crippen molar-refractivity contribution < 1.29 is 5.11 Å². The number of aromatic nitrogens is 2. The summed E-state index contributed by atoms with van der Waals surface area (Å²) in [6.07, 6.45) is -0.508. The first-order valence-electron chi connectivity index (χ1n) is 7.77. The van der Waals surface area contributed by atoms with E-state index in [4.69, 9.17) is 0 Å². The highest BCUT2D eigenvalue weighted by Gasteiger charge is 2.08. The second-order valence-corrected chi connectivity index (χ2v) is 5.71. The van der Waals surface area contributed by atoms with Crippen molar-refractivity contribution >= 4 is 0 Å². The predicted molar refractivity (Wildman–Crippen MR) is 91.9 cm³/mol. The average molecular weight is 307 g/mol. The van der Waals surface area contributed by atoms with Crippen molar-refractivity contribution in [1.82, 2.24) is 15.5 Å². The number of H-pyrrole nitrogens is 1. The van der Waals surface area contributed by atoms with Gasteiger partial charge in [0.1, 0.15) is 0 Å². The number of nitrogens with one attached hydrogen (secondary N) is 2. The summed E-state index contributed by atoms with van der Waals surface area (Å²) in [6.45, 7) is 3.17. The largest absolute Gasteiger partial charge is 0.387 e. The molecule has 1 heterocycles. The molecule has 4 heteroatoms. The second kappa shape index (κ2) is 7.22. The Balaban J connectivity index is 1.54. The number of rotatable bonds is 6. The molecule has 0 saturated heterocycles. The normalized spacial score (nSPS) is 12.3. The smallest absolute Gasteiger partial charge is 0.0924 e. The van der Waals surface area contributed by atoms with Crippen LogP contribution >= 0.6 is 0 Å². The molecule has 118 valence electrons. The molecule has 3 N–H and O–H groups in total. The van der Waals surface area contributed by atoms with Gasteiger partial charge in [-0.2, -0.15) is 5.10 Å². The van der Waals surface area contributed by atoms with Crippen LogP contribution in [0.25, 0.3) is 11.3 Å². The topological polar surface area (TPSA) is 60.9 Å². The van der Waals surface area contributed by atoms with Gasteiger partial charge < -0.3 is 10.4 Å². The van der Waals surface area contributed by atoms with E-state index in [9.17, 15) is 5.11 Å². The summed E-state index contributed by atoms with van der Waals surface area (Å²) in [7, 11) is 0. The van der Waals surface area contributed by atoms with Gasteiger partial charge in [-0.3, -0.25) is 5.10 Å². The lowest BCUT2D eigenvalue weighted by atomic mass is 10.1. The molecule has 0 bridgehead atoms. The number of aryl methyl sites for hydroxylation is 1. The molecule has 3 aromatic rings. The molecule has 1 aromatic heterocycles. The zero-order valence-electron chi connectivity index (χ0n) is 13.2. The molecule has 0 spiro atoms. The molecular formula is C19H21N3O. The summed E-state index contributed by atoms with van der Waals surface area (Å²) in [6, 6.07) is 20.0. The third-order valence-electron chi connectivity index (χ3n) is 3.78. The number of hydrogen-bond acceptors (Lipinski definition) is 3. The minimum Gasteiger partial charge on any atom is -0.387 e. The number of aliphatic hydroxyl groups excluding tert-OH is 1. The number of benzene rings is 2. The number of nitrogens with zero attached hydrogens (tertiary/aromatic N) is 1. The zero-order valence-corrected chi connectivity index (χ0v) is 13.2. The van der Waals surface area contributed by atoms with Crippen LogP contribution in [0.1, 0.15) is 22.9 Å². The van der Waals surface area contributed by atoms with Gasteiger partial charge in [0.2, 0.25) is 0 Å². The average Bonchev–Trinajstić information content (AvgIpc) is 3.04. The molecule has 0 aliphatic rings. The van der Waals surface area contributed by atoms with E-state index >= 15 is 0 Å². The van der Waals surface area contributed by atoms with E-state index in [1.807, 2.05) is 67.6 Å². The fraction of sp³-hybridized carbons (Fsp3) is 0.211. The Labute approximate surface area is 136 Å². The fourth-order valence-electron chi connectivity index (χ4n) is 2.55. The minimum absolute atomic E-state index is 0.503. The maximum atomic E-state index is 10.2. The summed E-state index contributed by atoms with van der Waals surface area (Å²) in [5, 5.41) is 20.8. The van der Waals surface area contributed by atoms with E-state index in [2.05, 4.69) is 15.5 Å². The van der Waals surface area contributed by atoms with Crippen molar-refractivity contribution in [2.75, 3.05) is 6.54 Å². The first kappa shape index (κ1) is 15.5. The molecule has 0 amide bonds. The molecule has 0 aliphatic carbocycles. The van der Waals surface area contributed by atoms with Crippen LogP contribution in [0.4, 0.5) is 0 Å². The molecule has 0 aliphatic heterocycles. The maximum absolute atomic E-state index is 10.2. The van der Waals surface area contributed by atoms with Crippen molar-refractivity contribution in [1.29, 1.82) is 0 Å². The number of hydrogen-bond donors (Lipinski definition) is 3. The summed E-state index contributed by atoms with van der Waals surface area (Å²) < 4.78 is 0. The Bertz CT molecular complexity index is 752. The van der Waals surface area contributed by atoms with E-state index in [-0.39, 0.29) is 0 Å². The number of aliphatic hydroxyl groups is 1. The van der Waals surface area contributed by atoms with Gasteiger partial charge in [0.25, 0.3) is 0 Å². The van der Waals surface area contributed by atoms with Gasteiger partial charge in [-0.15, -0.1) is 0 Å². The summed E-state index contributed by atoms with van der Waals surface area (Å²) >= 11 is 0. The Kier molecular flexibility index (Phi) is 4.86. The van der Waals surface area contributed by atoms with Crippen molar-refractivity contribution in [3.8, 4) is 11.3 Å². The van der Waals surface area contributed by atoms with Crippen LogP contribution in [-0.2, 0) is 6.54 Å². The molecule has 1 atom stereocenters. The quantitative estimate of drug-likeness (QED) is 0.655. The van der Waals surface area contributed by atoms with E-state index in [1.165, 1.54) is 0 Å². The van der Waals surface area contributed by atoms with Crippen LogP contribution in [0.5, 0.6) is 0 Å². The predicted octanol–water partition coefficient (Wildman–Crippen LogP) is 3.21. The molecular weight excluding hydrogens is 286 g/mol. The molecule has 23 heavy (non-hydrogen) atoms. The fourth-order valence-corrected chi connectivity index (χ4v) is 2.55. The second-order valence-electron chi connectivity index (χ2n) is 5.71. The van der Waals surface area contributed by atoms with Crippen LogP contribution in [0, 0.1) is 6.92 Å². The Morgan fingerprint density at radius 3 is 2.70 bits per heavy atom. The van der Waals surface area contributed by atoms with Crippen molar-refractivity contribution in [2.24, 2.45) is 0 Å². The molecule has 2 aromatic carbocycles. The van der Waals surface area contributed by atoms with Crippen LogP contribution < -0.4 is 5.32 Å². The van der Waals surface area contributed by atoms with Gasteiger partial charge in [-0.1, -0.05) is 60.2 Å². The highest BCUT2D eigenvalue weighted by Crippen LogP contribution is 2.17. The molecule has 3 rings (SSSR count). The first-order chi connectivity index (χ1) is 11.2. The Morgan fingerprint density at radius 2 is 1.91 bits per heavy atom. The van der Waals surface area contributed by atoms with Gasteiger partial charge in [-0.05, 0) is 18.6 Å². The molecule has 1 unspecified atom stereocenters. The van der Waals surface area contributed by atoms with Crippen molar-refractivity contribution in [3.05, 3.63) is 77.5 Å². The minimum atomic E-state index is -0.508. The highest BCUT2D eigenvalue weighted by molar-refractivity contribution is 5.58. The third kappa shape index (κ3) is 4.06. The summed E-state index contributed by atoms with van der Waals surface area (Å²) in [4.78, 5) is 0. The van der Waals surface area contributed by atoms with Crippen LogP contribution in [-0.4, -0.2) is 21.8 Å². The van der Waals surface area contributed by atoms with Crippen LogP contribution in [0.2, 0.25) is 0 Å². The highest BCUT2D eigenvalue weighted by atomic mass is 16.3. The Morgan fingerprint density at radius 1 is 1.09 bits per heavy atom. The lowest BCUT2D eigenvalue weighted by molar-refractivity contribution is 0.174. The van der Waals surface area contributed by atoms with Gasteiger partial charge in [-0.25, -0.2) is 0 Å². The van der Waals surface area contributed by atoms with Gasteiger partial charge in [0, 0.05) is 24.3 Å². The monoisotopic (exact) mass is 307 g/mol. The molecule has 4 nitrogen and oxygen atoms in total. The molecule has 0 radical (unpaired) electrons. The lowest BCUT2D eigenvalue weighted by Crippen LogP contribution is -2.21. The zero-order chi connectivity index (χ0) is 16.1. The van der Waals surface area contributed by atoms with Gasteiger partial charge in [0.15, 0.2) is 0 Å².